The molecule has 0 atom stereocenters. The molecule has 0 bridgehead atoms. The largest absolute Gasteiger partial charge is 4.00 e. The molecular weight excluding hydrogens is 729 g/mol. The van der Waals surface area contributed by atoms with E-state index in [1.807, 2.05) is 0 Å². The van der Waals surface area contributed by atoms with Crippen molar-refractivity contribution in [2.24, 2.45) is 0 Å². The van der Waals surface area contributed by atoms with Crippen LogP contribution in [0, 0.1) is 0 Å². The molecule has 7 heteroatoms. The monoisotopic (exact) mass is 735 g/mol. The molecule has 0 fully saturated rings. The minimum atomic E-state index is 0. The van der Waals surface area contributed by atoms with Crippen LogP contribution in [0.4, 0.5) is 0 Å². The molecule has 0 N–H and O–H groups in total. The third-order valence-electron chi connectivity index (χ3n) is 0. The van der Waals surface area contributed by atoms with Crippen molar-refractivity contribution < 1.29 is 0 Å². The van der Waals surface area contributed by atoms with Gasteiger partial charge in [0, 0.05) is 0 Å². The molecule has 0 aromatic carbocycles. The minimum Gasteiger partial charge on any atom is -2.00 e. The van der Waals surface area contributed by atoms with E-state index in [2.05, 4.69) is 0 Å². The van der Waals surface area contributed by atoms with Gasteiger partial charge in [0.05, 0.1) is 0 Å². The summed E-state index contributed by atoms with van der Waals surface area (Å²) in [5.41, 5.74) is 0. The molecule has 0 spiro atoms. The van der Waals surface area contributed by atoms with Crippen molar-refractivity contribution in [3.05, 3.63) is 0 Å². The molecule has 0 aliphatic carbocycles. The molecule has 0 aromatic rings. The summed E-state index contributed by atoms with van der Waals surface area (Å²) < 4.78 is 0. The summed E-state index contributed by atoms with van der Waals surface area (Å²) in [4.78, 5) is 0. The molecule has 7 heavy (non-hydrogen) atoms. The fraction of sp³-hybridized carbons (Fsp3) is 0. The van der Waals surface area contributed by atoms with Crippen molar-refractivity contribution in [2.45, 2.75) is 0 Å². The molecule has 34 valence electrons. The molecule has 0 unspecified atom stereocenters. The van der Waals surface area contributed by atoms with Gasteiger partial charge in [-0.1, -0.05) is 0 Å². The van der Waals surface area contributed by atoms with Crippen LogP contribution in [0.15, 0.2) is 0 Å². The van der Waals surface area contributed by atoms with E-state index in [9.17, 15) is 0 Å². The topological polar surface area (TPSA) is 0 Å². The second-order valence-electron chi connectivity index (χ2n) is 0. The first-order chi connectivity index (χ1) is 0. The quantitative estimate of drug-likeness (QED) is 0.239. The molecule has 0 heterocycles. The third kappa shape index (κ3) is 34.8. The first kappa shape index (κ1) is 56.1. The Kier molecular flexibility index (Phi) is 342. The standard InChI is InChI=1S/Pb.4Se.Sn.Sr/q+2;4*-2;+4;+2. The number of rotatable bonds is 0. The van der Waals surface area contributed by atoms with Crippen LogP contribution in [-0.2, 0) is 0 Å². The number of hydrogen-bond acceptors (Lipinski definition) is 0. The zero-order valence-electron chi connectivity index (χ0n) is 3.34. The summed E-state index contributed by atoms with van der Waals surface area (Å²) >= 11 is 0. The van der Waals surface area contributed by atoms with Gasteiger partial charge in [-0.2, -0.15) is 0 Å². The van der Waals surface area contributed by atoms with Gasteiger partial charge < -0.3 is 68.3 Å². The maximum absolute atomic E-state index is 0. The zero-order chi connectivity index (χ0) is 0. The van der Waals surface area contributed by atoms with E-state index in [1.165, 1.54) is 0 Å². The Morgan fingerprint density at radius 2 is 0.571 bits per heavy atom. The van der Waals surface area contributed by atoms with Gasteiger partial charge in [-0.25, -0.2) is 0 Å². The van der Waals surface area contributed by atoms with Crippen LogP contribution in [0.25, 0.3) is 0 Å². The second kappa shape index (κ2) is 42.8. The predicted molar refractivity (Wildman–Crippen MR) is 40.3 cm³/mol. The Morgan fingerprint density at radius 3 is 0.571 bits per heavy atom. The van der Waals surface area contributed by atoms with Crippen LogP contribution in [0.3, 0.4) is 0 Å². The molecule has 0 saturated heterocycles. The Labute approximate surface area is 160 Å². The van der Waals surface area contributed by atoms with Crippen LogP contribution in [0.5, 0.6) is 0 Å². The van der Waals surface area contributed by atoms with Crippen LogP contribution < -0.4 is 0 Å². The summed E-state index contributed by atoms with van der Waals surface area (Å²) in [5.74, 6) is 0. The first-order valence-corrected chi connectivity index (χ1v) is 0. The summed E-state index contributed by atoms with van der Waals surface area (Å²) in [6.45, 7) is 0. The first-order valence-electron chi connectivity index (χ1n) is 0. The Balaban J connectivity index is 0. The van der Waals surface area contributed by atoms with Gasteiger partial charge in [0.25, 0.3) is 0 Å². The van der Waals surface area contributed by atoms with Gasteiger partial charge in [0.1, 0.15) is 0 Å². The smallest absolute Gasteiger partial charge is 2.00 e. The van der Waals surface area contributed by atoms with Crippen LogP contribution >= 0.6 is 0 Å². The van der Waals surface area contributed by atoms with Gasteiger partial charge in [0.15, 0.2) is 0 Å². The van der Waals surface area contributed by atoms with Crippen LogP contribution in [-0.4, -0.2) is 165 Å². The predicted octanol–water partition coefficient (Wildman–Crippen LogP) is -2.67. The summed E-state index contributed by atoms with van der Waals surface area (Å²) in [5, 5.41) is 0. The third-order valence-corrected chi connectivity index (χ3v) is 0. The molecule has 0 rings (SSSR count). The van der Waals surface area contributed by atoms with Gasteiger partial charge in [-0.15, -0.1) is 0 Å². The minimum absolute atomic E-state index is 0. The second-order valence-corrected chi connectivity index (χ2v) is 0. The van der Waals surface area contributed by atoms with Gasteiger partial charge in [-0.3, -0.25) is 0 Å². The maximum Gasteiger partial charge on any atom is 4.00 e. The summed E-state index contributed by atoms with van der Waals surface area (Å²) in [6, 6.07) is 0. The Bertz CT molecular complexity index is 11.7. The molecule has 0 aliphatic heterocycles. The van der Waals surface area contributed by atoms with Gasteiger partial charge in [-0.05, 0) is 0 Å². The van der Waals surface area contributed by atoms with E-state index in [0.717, 1.165) is 0 Å². The molecular formula is PbSe4SnSr. The summed E-state index contributed by atoms with van der Waals surface area (Å²) in [7, 11) is 0. The van der Waals surface area contributed by atoms with Gasteiger partial charge in [0.2, 0.25) is 0 Å². The van der Waals surface area contributed by atoms with Crippen molar-refractivity contribution in [1.29, 1.82) is 0 Å². The molecule has 2 radical (unpaired) electrons. The van der Waals surface area contributed by atoms with Crippen molar-refractivity contribution in [3.8, 4) is 0 Å². The number of hydrogen-bond donors (Lipinski definition) is 0. The fourth-order valence-electron chi connectivity index (χ4n) is 0. The van der Waals surface area contributed by atoms with E-state index in [4.69, 9.17) is 0 Å². The zero-order valence-corrected chi connectivity index (χ0v) is 20.4. The van der Waals surface area contributed by atoms with Crippen molar-refractivity contribution in [2.75, 3.05) is 0 Å². The normalized spacial score (nSPS) is 0. The molecule has 0 nitrogen and oxygen atoms in total. The molecule has 0 aliphatic rings. The maximum atomic E-state index is 0. The summed E-state index contributed by atoms with van der Waals surface area (Å²) in [6.07, 6.45) is 0. The Hall–Kier alpha value is 5.28. The van der Waals surface area contributed by atoms with Crippen LogP contribution in [0.2, 0.25) is 0 Å². The average molecular weight is 729 g/mol. The molecule has 0 aromatic heterocycles. The fourth-order valence-corrected chi connectivity index (χ4v) is 0. The SMILES string of the molecule is [Pb+2].[Se-2].[Se-2].[Se-2].[Se-2].[Sn+4].[Sr+2]. The van der Waals surface area contributed by atoms with E-state index < -0.39 is 0 Å². The van der Waals surface area contributed by atoms with Crippen molar-refractivity contribution in [3.63, 3.8) is 0 Å². The Morgan fingerprint density at radius 1 is 0.571 bits per heavy atom. The van der Waals surface area contributed by atoms with Crippen molar-refractivity contribution in [1.82, 2.24) is 0 Å². The van der Waals surface area contributed by atoms with Gasteiger partial charge >= 0.3 is 96.7 Å². The van der Waals surface area contributed by atoms with E-state index >= 15 is 0 Å². The van der Waals surface area contributed by atoms with E-state index in [-0.39, 0.29) is 165 Å². The van der Waals surface area contributed by atoms with E-state index in [0.29, 0.717) is 0 Å². The molecule has 0 amide bonds. The van der Waals surface area contributed by atoms with Crippen molar-refractivity contribution >= 4 is 165 Å². The van der Waals surface area contributed by atoms with Crippen LogP contribution in [0.1, 0.15) is 0 Å². The van der Waals surface area contributed by atoms with E-state index in [1.54, 1.807) is 0 Å². The average Bonchev–Trinajstić information content (AvgIpc) is 0. The molecule has 0 saturated carbocycles.